The Balaban J connectivity index is 2.44. The van der Waals surface area contributed by atoms with Crippen molar-refractivity contribution >= 4 is 27.3 Å². The first kappa shape index (κ1) is 23.1. The number of hydrogen-bond donors (Lipinski definition) is 1. The lowest BCUT2D eigenvalue weighted by Gasteiger charge is -2.31. The van der Waals surface area contributed by atoms with Crippen LogP contribution in [0.2, 0.25) is 0 Å². The van der Waals surface area contributed by atoms with Gasteiger partial charge in [0.25, 0.3) is 5.69 Å². The molecule has 0 saturated heterocycles. The third-order valence-corrected chi connectivity index (χ3v) is 5.82. The Morgan fingerprint density at radius 3 is 2.47 bits per heavy atom. The third kappa shape index (κ3) is 5.26. The maximum absolute atomic E-state index is 12.9. The predicted molar refractivity (Wildman–Crippen MR) is 114 cm³/mol. The lowest BCUT2D eigenvalue weighted by Crippen LogP contribution is -2.49. The summed E-state index contributed by atoms with van der Waals surface area (Å²) in [5.41, 5.74) is 1.52. The molecule has 9 nitrogen and oxygen atoms in total. The Morgan fingerprint density at radius 2 is 1.93 bits per heavy atom. The van der Waals surface area contributed by atoms with Gasteiger partial charge in [0.1, 0.15) is 17.5 Å². The summed E-state index contributed by atoms with van der Waals surface area (Å²) < 4.78 is 31.4. The van der Waals surface area contributed by atoms with Gasteiger partial charge in [-0.2, -0.15) is 0 Å². The molecule has 2 rings (SSSR count). The first-order valence-corrected chi connectivity index (χ1v) is 11.1. The number of non-ortho nitro benzene ring substituents is 1. The van der Waals surface area contributed by atoms with Crippen LogP contribution >= 0.6 is 0 Å². The van der Waals surface area contributed by atoms with Crippen LogP contribution in [0.5, 0.6) is 5.75 Å². The van der Waals surface area contributed by atoms with Gasteiger partial charge in [-0.25, -0.2) is 8.42 Å². The Labute approximate surface area is 175 Å². The second-order valence-electron chi connectivity index (χ2n) is 6.74. The highest BCUT2D eigenvalue weighted by molar-refractivity contribution is 7.92. The maximum atomic E-state index is 12.9. The molecule has 1 atom stereocenters. The number of anilines is 1. The lowest BCUT2D eigenvalue weighted by molar-refractivity contribution is -0.384. The summed E-state index contributed by atoms with van der Waals surface area (Å²) in [4.78, 5) is 23.5. The highest BCUT2D eigenvalue weighted by Crippen LogP contribution is 2.35. The van der Waals surface area contributed by atoms with Crippen molar-refractivity contribution < 1.29 is 22.9 Å². The molecular formula is C20H25N3O6S. The van der Waals surface area contributed by atoms with Crippen molar-refractivity contribution in [3.8, 4) is 5.75 Å². The topological polar surface area (TPSA) is 119 Å². The molecule has 1 N–H and O–H groups in total. The number of nitrogens with zero attached hydrogens (tertiary/aromatic N) is 2. The Kier molecular flexibility index (Phi) is 7.38. The monoisotopic (exact) mass is 435 g/mol. The van der Waals surface area contributed by atoms with Crippen molar-refractivity contribution in [3.63, 3.8) is 0 Å². The molecule has 162 valence electrons. The normalized spacial score (nSPS) is 12.1. The van der Waals surface area contributed by atoms with Gasteiger partial charge in [-0.05, 0) is 30.5 Å². The predicted octanol–water partition coefficient (Wildman–Crippen LogP) is 2.77. The first-order chi connectivity index (χ1) is 14.1. The van der Waals surface area contributed by atoms with Crippen LogP contribution < -0.4 is 14.4 Å². The van der Waals surface area contributed by atoms with Crippen molar-refractivity contribution in [1.82, 2.24) is 5.32 Å². The van der Waals surface area contributed by atoms with E-state index < -0.39 is 26.9 Å². The fourth-order valence-corrected chi connectivity index (χ4v) is 4.32. The van der Waals surface area contributed by atoms with E-state index in [1.807, 2.05) is 31.2 Å². The van der Waals surface area contributed by atoms with Gasteiger partial charge in [-0.15, -0.1) is 0 Å². The largest absolute Gasteiger partial charge is 0.495 e. The number of nitro benzene ring substituents is 1. The van der Waals surface area contributed by atoms with E-state index in [0.29, 0.717) is 0 Å². The van der Waals surface area contributed by atoms with E-state index in [4.69, 9.17) is 4.74 Å². The number of ether oxygens (including phenoxy) is 1. The number of methoxy groups -OCH3 is 1. The molecule has 0 saturated carbocycles. The molecule has 0 aliphatic carbocycles. The van der Waals surface area contributed by atoms with Crippen LogP contribution in [0.15, 0.2) is 42.5 Å². The van der Waals surface area contributed by atoms with Crippen LogP contribution in [0.1, 0.15) is 24.5 Å². The number of benzene rings is 2. The molecule has 0 aliphatic rings. The van der Waals surface area contributed by atoms with E-state index in [0.717, 1.165) is 27.8 Å². The number of sulfonamides is 1. The van der Waals surface area contributed by atoms with Gasteiger partial charge in [0, 0.05) is 18.7 Å². The van der Waals surface area contributed by atoms with Crippen LogP contribution in [0, 0.1) is 17.0 Å². The van der Waals surface area contributed by atoms with Crippen molar-refractivity contribution in [1.29, 1.82) is 0 Å². The third-order valence-electron chi connectivity index (χ3n) is 4.65. The summed E-state index contributed by atoms with van der Waals surface area (Å²) in [6.45, 7) is 3.81. The van der Waals surface area contributed by atoms with E-state index in [1.54, 1.807) is 6.92 Å². The average Bonchev–Trinajstić information content (AvgIpc) is 2.69. The molecular weight excluding hydrogens is 410 g/mol. The zero-order chi connectivity index (χ0) is 22.5. The van der Waals surface area contributed by atoms with Gasteiger partial charge < -0.3 is 10.1 Å². The molecule has 0 aromatic heterocycles. The first-order valence-electron chi connectivity index (χ1n) is 9.24. The summed E-state index contributed by atoms with van der Waals surface area (Å²) >= 11 is 0. The zero-order valence-corrected chi connectivity index (χ0v) is 18.1. The quantitative estimate of drug-likeness (QED) is 0.478. The van der Waals surface area contributed by atoms with Crippen LogP contribution in [-0.4, -0.2) is 38.7 Å². The second kappa shape index (κ2) is 9.57. The molecule has 2 aromatic carbocycles. The molecule has 1 amide bonds. The van der Waals surface area contributed by atoms with E-state index in [9.17, 15) is 23.3 Å². The van der Waals surface area contributed by atoms with Crippen molar-refractivity contribution in [2.24, 2.45) is 0 Å². The number of carbonyl (C=O) groups is 1. The van der Waals surface area contributed by atoms with E-state index >= 15 is 0 Å². The molecule has 0 fully saturated rings. The van der Waals surface area contributed by atoms with Gasteiger partial charge in [-0.3, -0.25) is 19.2 Å². The van der Waals surface area contributed by atoms with Crippen LogP contribution in [-0.2, 0) is 21.4 Å². The minimum Gasteiger partial charge on any atom is -0.495 e. The number of rotatable bonds is 9. The molecule has 0 unspecified atom stereocenters. The molecule has 0 radical (unpaired) electrons. The minimum atomic E-state index is -3.97. The molecule has 0 spiro atoms. The summed E-state index contributed by atoms with van der Waals surface area (Å²) in [7, 11) is -2.65. The van der Waals surface area contributed by atoms with Gasteiger partial charge in [0.15, 0.2) is 0 Å². The second-order valence-corrected chi connectivity index (χ2v) is 8.60. The van der Waals surface area contributed by atoms with Gasteiger partial charge in [-0.1, -0.05) is 31.2 Å². The minimum absolute atomic E-state index is 0.0629. The lowest BCUT2D eigenvalue weighted by atomic mass is 10.1. The fraction of sp³-hybridized carbons (Fsp3) is 0.350. The highest BCUT2D eigenvalue weighted by Gasteiger charge is 2.34. The van der Waals surface area contributed by atoms with Gasteiger partial charge in [0.05, 0.1) is 18.3 Å². The number of nitrogens with one attached hydrogen (secondary N) is 1. The maximum Gasteiger partial charge on any atom is 0.271 e. The molecule has 0 heterocycles. The Hall–Kier alpha value is -3.14. The van der Waals surface area contributed by atoms with Crippen molar-refractivity contribution in [2.75, 3.05) is 17.7 Å². The Morgan fingerprint density at radius 1 is 1.27 bits per heavy atom. The number of nitro groups is 1. The van der Waals surface area contributed by atoms with Crippen molar-refractivity contribution in [2.45, 2.75) is 32.9 Å². The van der Waals surface area contributed by atoms with Crippen LogP contribution in [0.3, 0.4) is 0 Å². The number of amides is 1. The number of aryl methyl sites for hydroxylation is 1. The summed E-state index contributed by atoms with van der Waals surface area (Å²) in [5.74, 6) is -0.407. The SMILES string of the molecule is CC[C@H](C(=O)NCc1ccccc1C)N(c1cc([N+](=O)[O-])ccc1OC)S(C)(=O)=O. The average molecular weight is 436 g/mol. The fourth-order valence-electron chi connectivity index (χ4n) is 3.11. The van der Waals surface area contributed by atoms with Gasteiger partial charge >= 0.3 is 0 Å². The highest BCUT2D eigenvalue weighted by atomic mass is 32.2. The summed E-state index contributed by atoms with van der Waals surface area (Å²) in [6, 6.07) is 10.0. The number of hydrogen-bond acceptors (Lipinski definition) is 6. The van der Waals surface area contributed by atoms with E-state index in [2.05, 4.69) is 5.32 Å². The number of carbonyl (C=O) groups excluding carboxylic acids is 1. The van der Waals surface area contributed by atoms with Crippen LogP contribution in [0.4, 0.5) is 11.4 Å². The molecule has 30 heavy (non-hydrogen) atoms. The smallest absolute Gasteiger partial charge is 0.271 e. The van der Waals surface area contributed by atoms with Gasteiger partial charge in [0.2, 0.25) is 15.9 Å². The van der Waals surface area contributed by atoms with Crippen molar-refractivity contribution in [3.05, 3.63) is 63.7 Å². The zero-order valence-electron chi connectivity index (χ0n) is 17.3. The Bertz CT molecular complexity index is 1040. The molecule has 0 aliphatic heterocycles. The molecule has 10 heteroatoms. The molecule has 2 aromatic rings. The summed E-state index contributed by atoms with van der Waals surface area (Å²) in [6.07, 6.45) is 1.10. The standard InChI is InChI=1S/C20H25N3O6S/c1-5-17(20(24)21-13-15-9-7-6-8-14(15)2)22(30(4,27)28)18-12-16(23(25)26)10-11-19(18)29-3/h6-12,17H,5,13H2,1-4H3,(H,21,24)/t17-/m1/s1. The van der Waals surface area contributed by atoms with E-state index in [-0.39, 0.29) is 30.1 Å². The van der Waals surface area contributed by atoms with E-state index in [1.165, 1.54) is 19.2 Å². The molecule has 0 bridgehead atoms. The van der Waals surface area contributed by atoms with Crippen LogP contribution in [0.25, 0.3) is 0 Å². The summed E-state index contributed by atoms with van der Waals surface area (Å²) in [5, 5.41) is 14.0.